The Kier molecular flexibility index (Phi) is 4.95. The second-order valence-electron chi connectivity index (χ2n) is 6.95. The molecule has 146 valence electrons. The zero-order chi connectivity index (χ0) is 20.4. The van der Waals surface area contributed by atoms with Crippen LogP contribution in [-0.2, 0) is 0 Å². The first-order chi connectivity index (χ1) is 14.0. The Bertz CT molecular complexity index is 1260. The molecule has 0 fully saturated rings. The highest BCUT2D eigenvalue weighted by Crippen LogP contribution is 2.18. The topological polar surface area (TPSA) is 92.7 Å². The van der Waals surface area contributed by atoms with Gasteiger partial charge in [-0.1, -0.05) is 48.5 Å². The number of nitrogens with zero attached hydrogens (tertiary/aromatic N) is 3. The molecule has 2 aromatic heterocycles. The Balaban J connectivity index is 1.68. The van der Waals surface area contributed by atoms with Gasteiger partial charge in [-0.25, -0.2) is 9.67 Å². The minimum absolute atomic E-state index is 0.0496. The first-order valence-electron chi connectivity index (χ1n) is 9.42. The largest absolute Gasteiger partial charge is 0.349 e. The summed E-state index contributed by atoms with van der Waals surface area (Å²) in [5, 5.41) is 8.85. The molecule has 2 aromatic carbocycles. The standard InChI is InChI=1S/C22H21N5O2/c1-14(16-8-4-3-5-9-16)24-22-25-19(12-20(28)26-22)15(2)27-21(29)18-11-7-6-10-17(18)13-23-27/h3-15H,1-2H3,(H2,24,25,26,28)/t14-,15+/m1/s1. The third-order valence-electron chi connectivity index (χ3n) is 4.93. The summed E-state index contributed by atoms with van der Waals surface area (Å²) in [6.45, 7) is 3.79. The molecular weight excluding hydrogens is 366 g/mol. The molecule has 0 bridgehead atoms. The lowest BCUT2D eigenvalue weighted by Gasteiger charge is -2.17. The fraction of sp³-hybridized carbons (Fsp3) is 0.182. The van der Waals surface area contributed by atoms with E-state index >= 15 is 0 Å². The number of hydrogen-bond acceptors (Lipinski definition) is 5. The summed E-state index contributed by atoms with van der Waals surface area (Å²) in [6.07, 6.45) is 1.65. The number of anilines is 1. The molecule has 0 saturated carbocycles. The van der Waals surface area contributed by atoms with Gasteiger partial charge in [0.15, 0.2) is 0 Å². The molecular formula is C22H21N5O2. The van der Waals surface area contributed by atoms with E-state index in [-0.39, 0.29) is 17.2 Å². The van der Waals surface area contributed by atoms with Crippen molar-refractivity contribution in [1.29, 1.82) is 0 Å². The second kappa shape index (κ2) is 7.71. The Labute approximate surface area is 167 Å². The minimum atomic E-state index is -0.498. The first-order valence-corrected chi connectivity index (χ1v) is 9.42. The Morgan fingerprint density at radius 1 is 1.00 bits per heavy atom. The summed E-state index contributed by atoms with van der Waals surface area (Å²) in [7, 11) is 0. The predicted octanol–water partition coefficient (Wildman–Crippen LogP) is 3.26. The van der Waals surface area contributed by atoms with Crippen LogP contribution in [0.5, 0.6) is 0 Å². The molecule has 0 aliphatic rings. The van der Waals surface area contributed by atoms with Crippen LogP contribution in [0, 0.1) is 0 Å². The lowest BCUT2D eigenvalue weighted by Crippen LogP contribution is -2.28. The fourth-order valence-corrected chi connectivity index (χ4v) is 3.29. The zero-order valence-electron chi connectivity index (χ0n) is 16.2. The van der Waals surface area contributed by atoms with Crippen LogP contribution >= 0.6 is 0 Å². The molecule has 0 radical (unpaired) electrons. The molecule has 2 heterocycles. The maximum absolute atomic E-state index is 12.8. The van der Waals surface area contributed by atoms with Crippen molar-refractivity contribution in [2.75, 3.05) is 5.32 Å². The van der Waals surface area contributed by atoms with Crippen LogP contribution in [0.3, 0.4) is 0 Å². The van der Waals surface area contributed by atoms with Gasteiger partial charge >= 0.3 is 0 Å². The van der Waals surface area contributed by atoms with Crippen molar-refractivity contribution < 1.29 is 0 Å². The highest BCUT2D eigenvalue weighted by Gasteiger charge is 2.16. The highest BCUT2D eigenvalue weighted by molar-refractivity contribution is 5.80. The summed E-state index contributed by atoms with van der Waals surface area (Å²) in [6, 6.07) is 18.0. The molecule has 2 N–H and O–H groups in total. The van der Waals surface area contributed by atoms with Gasteiger partial charge in [-0.2, -0.15) is 5.10 Å². The van der Waals surface area contributed by atoms with Gasteiger partial charge in [0.2, 0.25) is 5.95 Å². The molecule has 7 heteroatoms. The summed E-state index contributed by atoms with van der Waals surface area (Å²) >= 11 is 0. The molecule has 0 aliphatic heterocycles. The van der Waals surface area contributed by atoms with Gasteiger partial charge in [0.1, 0.15) is 0 Å². The van der Waals surface area contributed by atoms with E-state index in [4.69, 9.17) is 0 Å². The van der Waals surface area contributed by atoms with E-state index in [2.05, 4.69) is 20.4 Å². The molecule has 2 atom stereocenters. The van der Waals surface area contributed by atoms with Crippen molar-refractivity contribution in [2.45, 2.75) is 25.9 Å². The lowest BCUT2D eigenvalue weighted by atomic mass is 10.1. The van der Waals surface area contributed by atoms with E-state index < -0.39 is 6.04 Å². The number of rotatable bonds is 5. The van der Waals surface area contributed by atoms with Crippen LogP contribution in [0.1, 0.15) is 37.2 Å². The number of H-pyrrole nitrogens is 1. The number of aromatic amines is 1. The zero-order valence-corrected chi connectivity index (χ0v) is 16.2. The van der Waals surface area contributed by atoms with Crippen molar-refractivity contribution in [1.82, 2.24) is 19.7 Å². The van der Waals surface area contributed by atoms with Crippen LogP contribution in [-0.4, -0.2) is 19.7 Å². The van der Waals surface area contributed by atoms with Crippen LogP contribution in [0.4, 0.5) is 5.95 Å². The molecule has 4 aromatic rings. The maximum atomic E-state index is 12.8. The Morgan fingerprint density at radius 3 is 2.52 bits per heavy atom. The predicted molar refractivity (Wildman–Crippen MR) is 113 cm³/mol. The summed E-state index contributed by atoms with van der Waals surface area (Å²) in [5.41, 5.74) is 1.02. The smallest absolute Gasteiger partial charge is 0.275 e. The van der Waals surface area contributed by atoms with Gasteiger partial charge in [-0.05, 0) is 25.5 Å². The number of hydrogen-bond donors (Lipinski definition) is 2. The molecule has 0 saturated heterocycles. The molecule has 29 heavy (non-hydrogen) atoms. The van der Waals surface area contributed by atoms with Gasteiger partial charge in [0.05, 0.1) is 29.4 Å². The Hall–Kier alpha value is -3.74. The van der Waals surface area contributed by atoms with Gasteiger partial charge in [0, 0.05) is 11.5 Å². The second-order valence-corrected chi connectivity index (χ2v) is 6.95. The summed E-state index contributed by atoms with van der Waals surface area (Å²) in [4.78, 5) is 32.3. The normalized spacial score (nSPS) is 13.2. The molecule has 4 rings (SSSR count). The van der Waals surface area contributed by atoms with E-state index in [1.807, 2.05) is 55.5 Å². The maximum Gasteiger partial charge on any atom is 0.275 e. The van der Waals surface area contributed by atoms with Crippen molar-refractivity contribution in [3.05, 3.63) is 98.8 Å². The van der Waals surface area contributed by atoms with Crippen molar-refractivity contribution >= 4 is 16.7 Å². The van der Waals surface area contributed by atoms with Gasteiger partial charge in [-0.15, -0.1) is 0 Å². The summed E-state index contributed by atoms with van der Waals surface area (Å²) in [5.74, 6) is 0.351. The number of nitrogens with one attached hydrogen (secondary N) is 2. The first kappa shape index (κ1) is 18.6. The molecule has 0 amide bonds. The van der Waals surface area contributed by atoms with Gasteiger partial charge in [0.25, 0.3) is 11.1 Å². The molecule has 0 unspecified atom stereocenters. The lowest BCUT2D eigenvalue weighted by molar-refractivity contribution is 0.524. The number of benzene rings is 2. The average molecular weight is 387 g/mol. The molecule has 0 spiro atoms. The van der Waals surface area contributed by atoms with Crippen molar-refractivity contribution in [3.8, 4) is 0 Å². The SMILES string of the molecule is C[C@@H](Nc1nc([C@H](C)n2ncc3ccccc3c2=O)cc(=O)[nH]1)c1ccccc1. The highest BCUT2D eigenvalue weighted by atomic mass is 16.1. The molecule has 0 aliphatic carbocycles. The van der Waals surface area contributed by atoms with Crippen LogP contribution in [0.15, 0.2) is 76.4 Å². The van der Waals surface area contributed by atoms with Crippen LogP contribution in [0.25, 0.3) is 10.8 Å². The minimum Gasteiger partial charge on any atom is -0.349 e. The average Bonchev–Trinajstić information content (AvgIpc) is 2.74. The molecule has 7 nitrogen and oxygen atoms in total. The Morgan fingerprint density at radius 2 is 1.72 bits per heavy atom. The third-order valence-corrected chi connectivity index (χ3v) is 4.93. The van der Waals surface area contributed by atoms with Gasteiger partial charge < -0.3 is 5.32 Å². The number of aromatic nitrogens is 4. The van der Waals surface area contributed by atoms with E-state index in [0.29, 0.717) is 17.0 Å². The number of fused-ring (bicyclic) bond motifs is 1. The van der Waals surface area contributed by atoms with Crippen LogP contribution < -0.4 is 16.4 Å². The van der Waals surface area contributed by atoms with E-state index in [1.54, 1.807) is 19.2 Å². The quantitative estimate of drug-likeness (QED) is 0.548. The van der Waals surface area contributed by atoms with E-state index in [9.17, 15) is 9.59 Å². The summed E-state index contributed by atoms with van der Waals surface area (Å²) < 4.78 is 1.36. The third kappa shape index (κ3) is 3.80. The fourth-order valence-electron chi connectivity index (χ4n) is 3.29. The van der Waals surface area contributed by atoms with Crippen LogP contribution in [0.2, 0.25) is 0 Å². The monoisotopic (exact) mass is 387 g/mol. The van der Waals surface area contributed by atoms with Crippen molar-refractivity contribution in [2.24, 2.45) is 0 Å². The van der Waals surface area contributed by atoms with Gasteiger partial charge in [-0.3, -0.25) is 14.6 Å². The van der Waals surface area contributed by atoms with Crippen molar-refractivity contribution in [3.63, 3.8) is 0 Å². The van der Waals surface area contributed by atoms with E-state index in [1.165, 1.54) is 10.7 Å². The van der Waals surface area contributed by atoms with E-state index in [0.717, 1.165) is 10.9 Å².